The molecule has 2 rings (SSSR count). The quantitative estimate of drug-likeness (QED) is 0.745. The van der Waals surface area contributed by atoms with Crippen LogP contribution in [0.2, 0.25) is 0 Å². The molecule has 2 aromatic heterocycles. The molecular formula is C7H7IN6. The lowest BCUT2D eigenvalue weighted by Crippen LogP contribution is -2.05. The van der Waals surface area contributed by atoms with E-state index in [1.165, 1.54) is 0 Å². The maximum atomic E-state index is 5.53. The Kier molecular flexibility index (Phi) is 2.23. The minimum absolute atomic E-state index is 0.144. The number of hydrogen-bond acceptors (Lipinski definition) is 5. The van der Waals surface area contributed by atoms with E-state index in [1.54, 1.807) is 16.9 Å². The molecule has 0 aromatic carbocycles. The maximum Gasteiger partial charge on any atom is 0.224 e. The first-order valence-electron chi connectivity index (χ1n) is 3.76. The van der Waals surface area contributed by atoms with Gasteiger partial charge in [0.05, 0.1) is 9.77 Å². The van der Waals surface area contributed by atoms with E-state index in [2.05, 4.69) is 37.7 Å². The fourth-order valence-corrected chi connectivity index (χ4v) is 1.40. The number of nitrogens with two attached hydrogens (primary N) is 2. The molecule has 0 radical (unpaired) electrons. The second-order valence-electron chi connectivity index (χ2n) is 2.61. The van der Waals surface area contributed by atoms with Crippen LogP contribution in [0, 0.1) is 3.57 Å². The van der Waals surface area contributed by atoms with Gasteiger partial charge < -0.3 is 11.5 Å². The van der Waals surface area contributed by atoms with Crippen LogP contribution in [0.3, 0.4) is 0 Å². The van der Waals surface area contributed by atoms with Crippen LogP contribution in [-0.2, 0) is 0 Å². The third-order valence-electron chi connectivity index (χ3n) is 1.54. The Morgan fingerprint density at radius 1 is 1.29 bits per heavy atom. The van der Waals surface area contributed by atoms with Gasteiger partial charge in [0.25, 0.3) is 0 Å². The van der Waals surface area contributed by atoms with Crippen molar-refractivity contribution in [3.63, 3.8) is 0 Å². The number of nitrogen functional groups attached to an aromatic ring is 2. The predicted octanol–water partition coefficient (Wildman–Crippen LogP) is 0.431. The molecule has 0 unspecified atom stereocenters. The molecule has 0 aliphatic carbocycles. The van der Waals surface area contributed by atoms with E-state index in [-0.39, 0.29) is 5.95 Å². The highest BCUT2D eigenvalue weighted by Gasteiger charge is 2.03. The Balaban J connectivity index is 2.51. The third kappa shape index (κ3) is 1.76. The molecule has 2 aromatic rings. The molecular weight excluding hydrogens is 295 g/mol. The number of anilines is 2. The van der Waals surface area contributed by atoms with Gasteiger partial charge in [-0.15, -0.1) is 0 Å². The molecule has 0 amide bonds. The molecule has 0 atom stereocenters. The molecule has 14 heavy (non-hydrogen) atoms. The van der Waals surface area contributed by atoms with E-state index >= 15 is 0 Å². The lowest BCUT2D eigenvalue weighted by molar-refractivity contribution is 0.843. The molecule has 6 nitrogen and oxygen atoms in total. The first-order chi connectivity index (χ1) is 6.65. The Bertz CT molecular complexity index is 445. The zero-order chi connectivity index (χ0) is 10.1. The summed E-state index contributed by atoms with van der Waals surface area (Å²) >= 11 is 2.16. The Morgan fingerprint density at radius 2 is 2.07 bits per heavy atom. The summed E-state index contributed by atoms with van der Waals surface area (Å²) in [6, 6.07) is 1.61. The Morgan fingerprint density at radius 3 is 2.64 bits per heavy atom. The lowest BCUT2D eigenvalue weighted by Gasteiger charge is -2.01. The fraction of sp³-hybridized carbons (Fsp3) is 0. The molecule has 0 bridgehead atoms. The SMILES string of the molecule is Nc1cc(-n2cc(I)cn2)nc(N)n1. The number of nitrogens with zero attached hydrogens (tertiary/aromatic N) is 4. The second-order valence-corrected chi connectivity index (χ2v) is 3.86. The monoisotopic (exact) mass is 302 g/mol. The van der Waals surface area contributed by atoms with Gasteiger partial charge in [0, 0.05) is 12.3 Å². The van der Waals surface area contributed by atoms with Crippen LogP contribution < -0.4 is 11.5 Å². The molecule has 0 fully saturated rings. The molecule has 7 heteroatoms. The molecule has 0 aliphatic rings. The largest absolute Gasteiger partial charge is 0.383 e. The zero-order valence-electron chi connectivity index (χ0n) is 7.05. The second kappa shape index (κ2) is 3.40. The Hall–Kier alpha value is -1.38. The summed E-state index contributed by atoms with van der Waals surface area (Å²) in [6.07, 6.45) is 3.54. The maximum absolute atomic E-state index is 5.53. The van der Waals surface area contributed by atoms with Crippen LogP contribution in [0.5, 0.6) is 0 Å². The van der Waals surface area contributed by atoms with Crippen LogP contribution >= 0.6 is 22.6 Å². The van der Waals surface area contributed by atoms with E-state index in [0.717, 1.165) is 3.57 Å². The van der Waals surface area contributed by atoms with Crippen LogP contribution in [0.25, 0.3) is 5.82 Å². The topological polar surface area (TPSA) is 95.6 Å². The number of aromatic nitrogens is 4. The highest BCUT2D eigenvalue weighted by molar-refractivity contribution is 14.1. The van der Waals surface area contributed by atoms with Gasteiger partial charge in [-0.25, -0.2) is 4.68 Å². The summed E-state index contributed by atoms with van der Waals surface area (Å²) in [5, 5.41) is 4.08. The standard InChI is InChI=1S/C7H7IN6/c8-4-2-11-14(3-4)6-1-5(9)12-7(10)13-6/h1-3H,(H4,9,10,12,13). The normalized spacial score (nSPS) is 10.4. The van der Waals surface area contributed by atoms with Crippen molar-refractivity contribution in [1.82, 2.24) is 19.7 Å². The fourth-order valence-electron chi connectivity index (χ4n) is 1.01. The van der Waals surface area contributed by atoms with Crippen molar-refractivity contribution in [2.75, 3.05) is 11.5 Å². The van der Waals surface area contributed by atoms with Crippen LogP contribution in [0.1, 0.15) is 0 Å². The number of hydrogen-bond donors (Lipinski definition) is 2. The minimum Gasteiger partial charge on any atom is -0.383 e. The van der Waals surface area contributed by atoms with Gasteiger partial charge in [-0.1, -0.05) is 0 Å². The van der Waals surface area contributed by atoms with E-state index in [4.69, 9.17) is 11.5 Å². The van der Waals surface area contributed by atoms with Gasteiger partial charge in [0.15, 0.2) is 5.82 Å². The van der Waals surface area contributed by atoms with Crippen LogP contribution in [0.15, 0.2) is 18.5 Å². The Labute approximate surface area is 93.5 Å². The van der Waals surface area contributed by atoms with Crippen molar-refractivity contribution < 1.29 is 0 Å². The van der Waals surface area contributed by atoms with Gasteiger partial charge >= 0.3 is 0 Å². The average Bonchev–Trinajstić information content (AvgIpc) is 2.50. The highest BCUT2D eigenvalue weighted by Crippen LogP contribution is 2.10. The zero-order valence-corrected chi connectivity index (χ0v) is 9.21. The summed E-state index contributed by atoms with van der Waals surface area (Å²) in [4.78, 5) is 7.77. The first-order valence-corrected chi connectivity index (χ1v) is 4.83. The van der Waals surface area contributed by atoms with Crippen molar-refractivity contribution in [1.29, 1.82) is 0 Å². The minimum atomic E-state index is 0.144. The van der Waals surface area contributed by atoms with Crippen molar-refractivity contribution >= 4 is 34.4 Å². The highest BCUT2D eigenvalue weighted by atomic mass is 127. The molecule has 0 spiro atoms. The summed E-state index contributed by atoms with van der Waals surface area (Å²) in [5.74, 6) is 1.04. The van der Waals surface area contributed by atoms with E-state index in [1.807, 2.05) is 6.20 Å². The van der Waals surface area contributed by atoms with E-state index in [0.29, 0.717) is 11.6 Å². The first kappa shape index (κ1) is 9.19. The van der Waals surface area contributed by atoms with Crippen LogP contribution in [-0.4, -0.2) is 19.7 Å². The van der Waals surface area contributed by atoms with Gasteiger partial charge in [0.2, 0.25) is 5.95 Å². The van der Waals surface area contributed by atoms with Crippen molar-refractivity contribution in [2.45, 2.75) is 0 Å². The van der Waals surface area contributed by atoms with Gasteiger partial charge in [-0.05, 0) is 22.6 Å². The molecule has 0 saturated heterocycles. The average molecular weight is 302 g/mol. The summed E-state index contributed by atoms with van der Waals surface area (Å²) < 4.78 is 2.61. The van der Waals surface area contributed by atoms with E-state index in [9.17, 15) is 0 Å². The van der Waals surface area contributed by atoms with E-state index < -0.39 is 0 Å². The molecule has 0 aliphatic heterocycles. The summed E-state index contributed by atoms with van der Waals surface area (Å²) in [7, 11) is 0. The van der Waals surface area contributed by atoms with Gasteiger partial charge in [-0.3, -0.25) is 0 Å². The third-order valence-corrected chi connectivity index (χ3v) is 2.09. The van der Waals surface area contributed by atoms with Gasteiger partial charge in [0.1, 0.15) is 5.82 Å². The van der Waals surface area contributed by atoms with Crippen molar-refractivity contribution in [2.24, 2.45) is 0 Å². The van der Waals surface area contributed by atoms with Crippen molar-refractivity contribution in [3.8, 4) is 5.82 Å². The smallest absolute Gasteiger partial charge is 0.224 e. The molecule has 4 N–H and O–H groups in total. The molecule has 2 heterocycles. The van der Waals surface area contributed by atoms with Crippen molar-refractivity contribution in [3.05, 3.63) is 22.0 Å². The predicted molar refractivity (Wildman–Crippen MR) is 60.7 cm³/mol. The van der Waals surface area contributed by atoms with Gasteiger partial charge in [-0.2, -0.15) is 15.1 Å². The summed E-state index contributed by atoms with van der Waals surface area (Å²) in [6.45, 7) is 0. The summed E-state index contributed by atoms with van der Waals surface area (Å²) in [5.41, 5.74) is 11.0. The lowest BCUT2D eigenvalue weighted by atomic mass is 10.5. The van der Waals surface area contributed by atoms with Crippen LogP contribution in [0.4, 0.5) is 11.8 Å². The number of rotatable bonds is 1. The number of halogens is 1. The molecule has 0 saturated carbocycles. The molecule has 72 valence electrons.